The Balaban J connectivity index is 1.72. The molecule has 0 spiro atoms. The number of piperazine rings is 1. The van der Waals surface area contributed by atoms with Crippen molar-refractivity contribution in [3.63, 3.8) is 0 Å². The van der Waals surface area contributed by atoms with Crippen LogP contribution in [0.1, 0.15) is 49.2 Å². The Bertz CT molecular complexity index is 608. The molecule has 0 amide bonds. The molecule has 1 aromatic heterocycles. The van der Waals surface area contributed by atoms with Gasteiger partial charge in [0.05, 0.1) is 6.54 Å². The first-order chi connectivity index (χ1) is 11.3. The molecule has 0 radical (unpaired) electrons. The molecule has 1 aliphatic rings. The molecular formula is C18H26N4O. The maximum atomic E-state index is 5.31. The Morgan fingerprint density at radius 2 is 2.09 bits per heavy atom. The third-order valence-electron chi connectivity index (χ3n) is 4.45. The van der Waals surface area contributed by atoms with E-state index in [4.69, 9.17) is 4.52 Å². The molecule has 1 N–H and O–H groups in total. The molecule has 1 saturated heterocycles. The molecule has 3 rings (SSSR count). The van der Waals surface area contributed by atoms with E-state index in [1.807, 2.05) is 0 Å². The Labute approximate surface area is 138 Å². The van der Waals surface area contributed by atoms with Gasteiger partial charge in [0, 0.05) is 32.1 Å². The fourth-order valence-electron chi connectivity index (χ4n) is 3.09. The van der Waals surface area contributed by atoms with Crippen LogP contribution in [0.5, 0.6) is 0 Å². The Morgan fingerprint density at radius 3 is 2.83 bits per heavy atom. The van der Waals surface area contributed by atoms with Crippen LogP contribution in [-0.2, 0) is 19.4 Å². The third-order valence-corrected chi connectivity index (χ3v) is 4.45. The van der Waals surface area contributed by atoms with Crippen LogP contribution in [0.3, 0.4) is 0 Å². The van der Waals surface area contributed by atoms with Gasteiger partial charge in [0.15, 0.2) is 5.82 Å². The number of hydrogen-bond acceptors (Lipinski definition) is 5. The molecule has 5 nitrogen and oxygen atoms in total. The average Bonchev–Trinajstić information content (AvgIpc) is 3.03. The van der Waals surface area contributed by atoms with Crippen LogP contribution in [0.15, 0.2) is 28.8 Å². The van der Waals surface area contributed by atoms with E-state index in [1.165, 1.54) is 11.1 Å². The van der Waals surface area contributed by atoms with Crippen molar-refractivity contribution >= 4 is 0 Å². The summed E-state index contributed by atoms with van der Waals surface area (Å²) in [6.07, 6.45) is 2.97. The van der Waals surface area contributed by atoms with Crippen molar-refractivity contribution in [1.82, 2.24) is 20.4 Å². The molecule has 1 fully saturated rings. The van der Waals surface area contributed by atoms with Crippen LogP contribution < -0.4 is 5.32 Å². The van der Waals surface area contributed by atoms with Gasteiger partial charge in [-0.3, -0.25) is 4.90 Å². The zero-order chi connectivity index (χ0) is 16.1. The summed E-state index contributed by atoms with van der Waals surface area (Å²) >= 11 is 0. The molecule has 1 unspecified atom stereocenters. The average molecular weight is 314 g/mol. The highest BCUT2D eigenvalue weighted by molar-refractivity contribution is 5.25. The number of aryl methyl sites for hydroxylation is 2. The van der Waals surface area contributed by atoms with Gasteiger partial charge in [-0.2, -0.15) is 4.98 Å². The van der Waals surface area contributed by atoms with E-state index >= 15 is 0 Å². The molecule has 2 heterocycles. The maximum Gasteiger partial charge on any atom is 0.226 e. The summed E-state index contributed by atoms with van der Waals surface area (Å²) < 4.78 is 5.31. The first-order valence-corrected chi connectivity index (χ1v) is 8.65. The molecule has 0 saturated carbocycles. The first kappa shape index (κ1) is 16.1. The zero-order valence-corrected chi connectivity index (χ0v) is 14.1. The number of benzene rings is 1. The van der Waals surface area contributed by atoms with Gasteiger partial charge in [-0.15, -0.1) is 0 Å². The van der Waals surface area contributed by atoms with E-state index in [0.717, 1.165) is 57.2 Å². The molecular weight excluding hydrogens is 288 g/mol. The molecule has 2 aromatic rings. The minimum Gasteiger partial charge on any atom is -0.339 e. The van der Waals surface area contributed by atoms with Crippen LogP contribution in [-0.4, -0.2) is 34.7 Å². The third kappa shape index (κ3) is 3.98. The SMILES string of the molecule is CCCc1nc(CN2CCNCC2c2ccc(CC)cc2)no1. The van der Waals surface area contributed by atoms with Crippen LogP contribution in [0.25, 0.3) is 0 Å². The maximum absolute atomic E-state index is 5.31. The number of hydrogen-bond donors (Lipinski definition) is 1. The Kier molecular flexibility index (Phi) is 5.41. The molecule has 0 bridgehead atoms. The van der Waals surface area contributed by atoms with Crippen molar-refractivity contribution in [3.8, 4) is 0 Å². The molecule has 23 heavy (non-hydrogen) atoms. The van der Waals surface area contributed by atoms with Gasteiger partial charge in [-0.05, 0) is 24.0 Å². The monoisotopic (exact) mass is 314 g/mol. The predicted octanol–water partition coefficient (Wildman–Crippen LogP) is 2.73. The fourth-order valence-corrected chi connectivity index (χ4v) is 3.09. The summed E-state index contributed by atoms with van der Waals surface area (Å²) in [6.45, 7) is 8.02. The minimum atomic E-state index is 0.364. The lowest BCUT2D eigenvalue weighted by molar-refractivity contribution is 0.148. The van der Waals surface area contributed by atoms with Gasteiger partial charge in [-0.1, -0.05) is 43.3 Å². The number of aromatic nitrogens is 2. The summed E-state index contributed by atoms with van der Waals surface area (Å²) in [7, 11) is 0. The summed E-state index contributed by atoms with van der Waals surface area (Å²) in [5.74, 6) is 1.55. The molecule has 0 aliphatic carbocycles. The van der Waals surface area contributed by atoms with Crippen LogP contribution in [0.2, 0.25) is 0 Å². The molecule has 1 atom stereocenters. The zero-order valence-electron chi connectivity index (χ0n) is 14.1. The lowest BCUT2D eigenvalue weighted by Crippen LogP contribution is -2.45. The van der Waals surface area contributed by atoms with Gasteiger partial charge in [-0.25, -0.2) is 0 Å². The van der Waals surface area contributed by atoms with Gasteiger partial charge in [0.1, 0.15) is 0 Å². The predicted molar refractivity (Wildman–Crippen MR) is 90.1 cm³/mol. The van der Waals surface area contributed by atoms with Crippen molar-refractivity contribution in [1.29, 1.82) is 0 Å². The largest absolute Gasteiger partial charge is 0.339 e. The van der Waals surface area contributed by atoms with Crippen LogP contribution in [0, 0.1) is 0 Å². The summed E-state index contributed by atoms with van der Waals surface area (Å²) in [4.78, 5) is 6.95. The normalized spacial score (nSPS) is 19.1. The second-order valence-corrected chi connectivity index (χ2v) is 6.14. The molecule has 124 valence electrons. The number of rotatable bonds is 6. The minimum absolute atomic E-state index is 0.364. The highest BCUT2D eigenvalue weighted by atomic mass is 16.5. The van der Waals surface area contributed by atoms with Gasteiger partial charge in [0.2, 0.25) is 5.89 Å². The van der Waals surface area contributed by atoms with E-state index in [-0.39, 0.29) is 0 Å². The van der Waals surface area contributed by atoms with E-state index in [9.17, 15) is 0 Å². The lowest BCUT2D eigenvalue weighted by Gasteiger charge is -2.35. The van der Waals surface area contributed by atoms with Crippen LogP contribution >= 0.6 is 0 Å². The summed E-state index contributed by atoms with van der Waals surface area (Å²) in [6, 6.07) is 9.33. The van der Waals surface area contributed by atoms with Crippen molar-refractivity contribution < 1.29 is 4.52 Å². The smallest absolute Gasteiger partial charge is 0.226 e. The number of nitrogens with zero attached hydrogens (tertiary/aromatic N) is 3. The van der Waals surface area contributed by atoms with Crippen LogP contribution in [0.4, 0.5) is 0 Å². The first-order valence-electron chi connectivity index (χ1n) is 8.65. The summed E-state index contributed by atoms with van der Waals surface area (Å²) in [5.41, 5.74) is 2.73. The van der Waals surface area contributed by atoms with Crippen molar-refractivity contribution in [2.75, 3.05) is 19.6 Å². The van der Waals surface area contributed by atoms with E-state index in [0.29, 0.717) is 6.04 Å². The molecule has 1 aromatic carbocycles. The molecule has 5 heteroatoms. The Morgan fingerprint density at radius 1 is 1.26 bits per heavy atom. The highest BCUT2D eigenvalue weighted by Crippen LogP contribution is 2.24. The number of nitrogens with one attached hydrogen (secondary N) is 1. The quantitative estimate of drug-likeness (QED) is 0.888. The second kappa shape index (κ2) is 7.70. The van der Waals surface area contributed by atoms with Gasteiger partial charge >= 0.3 is 0 Å². The summed E-state index contributed by atoms with van der Waals surface area (Å²) in [5, 5.41) is 7.63. The highest BCUT2D eigenvalue weighted by Gasteiger charge is 2.25. The fraction of sp³-hybridized carbons (Fsp3) is 0.556. The Hall–Kier alpha value is -1.72. The van der Waals surface area contributed by atoms with Crippen molar-refractivity contribution in [3.05, 3.63) is 47.1 Å². The topological polar surface area (TPSA) is 54.2 Å². The molecule has 1 aliphatic heterocycles. The van der Waals surface area contributed by atoms with E-state index < -0.39 is 0 Å². The standard InChI is InChI=1S/C18H26N4O/c1-3-5-18-20-17(21-23-18)13-22-11-10-19-12-16(22)15-8-6-14(4-2)7-9-15/h6-9,16,19H,3-5,10-13H2,1-2H3. The second-order valence-electron chi connectivity index (χ2n) is 6.14. The lowest BCUT2D eigenvalue weighted by atomic mass is 10.0. The van der Waals surface area contributed by atoms with Gasteiger partial charge in [0.25, 0.3) is 0 Å². The van der Waals surface area contributed by atoms with Crippen molar-refractivity contribution in [2.24, 2.45) is 0 Å². The van der Waals surface area contributed by atoms with Crippen molar-refractivity contribution in [2.45, 2.75) is 45.7 Å². The van der Waals surface area contributed by atoms with Gasteiger partial charge < -0.3 is 9.84 Å². The van der Waals surface area contributed by atoms with E-state index in [1.54, 1.807) is 0 Å². The van der Waals surface area contributed by atoms with E-state index in [2.05, 4.69) is 58.5 Å².